The largest absolute Gasteiger partial charge is 0.481 e. The maximum absolute atomic E-state index is 10.7. The third-order valence-electron chi connectivity index (χ3n) is 4.25. The smallest absolute Gasteiger partial charge is 0.307 e. The lowest BCUT2D eigenvalue weighted by Crippen LogP contribution is -2.20. The molecule has 0 aromatic heterocycles. The highest BCUT2D eigenvalue weighted by atomic mass is 16.4. The van der Waals surface area contributed by atoms with Gasteiger partial charge in [0.15, 0.2) is 0 Å². The fourth-order valence-corrected chi connectivity index (χ4v) is 2.85. The molecule has 6 heteroatoms. The highest BCUT2D eigenvalue weighted by Gasteiger charge is 2.05. The van der Waals surface area contributed by atoms with Gasteiger partial charge in [-0.15, -0.1) is 0 Å². The number of nitrogens with zero attached hydrogens (tertiary/aromatic N) is 1. The number of nitrogens with one attached hydrogen (secondary N) is 3. The number of aliphatic carboxylic acids is 1. The Morgan fingerprint density at radius 3 is 2.48 bits per heavy atom. The molecule has 0 unspecified atom stereocenters. The van der Waals surface area contributed by atoms with E-state index in [2.05, 4.69) is 22.0 Å². The number of benzene rings is 2. The molecule has 4 N–H and O–H groups in total. The summed E-state index contributed by atoms with van der Waals surface area (Å²) in [6.45, 7) is 2.60. The summed E-state index contributed by atoms with van der Waals surface area (Å²) in [5.74, 6) is -0.806. The number of para-hydroxylation sites is 1. The maximum Gasteiger partial charge on any atom is 0.307 e. The first-order valence-electron chi connectivity index (χ1n) is 9.09. The third-order valence-corrected chi connectivity index (χ3v) is 4.25. The Balaban J connectivity index is 1.64. The van der Waals surface area contributed by atoms with Gasteiger partial charge in [-0.1, -0.05) is 30.3 Å². The highest BCUT2D eigenvalue weighted by molar-refractivity contribution is 5.75. The zero-order valence-corrected chi connectivity index (χ0v) is 15.6. The lowest BCUT2D eigenvalue weighted by Gasteiger charge is -2.13. The van der Waals surface area contributed by atoms with Crippen LogP contribution in [0.5, 0.6) is 0 Å². The fraction of sp³-hybridized carbons (Fsp3) is 0.333. The van der Waals surface area contributed by atoms with Gasteiger partial charge >= 0.3 is 5.97 Å². The van der Waals surface area contributed by atoms with E-state index in [1.807, 2.05) is 43.4 Å². The van der Waals surface area contributed by atoms with Gasteiger partial charge in [0.05, 0.1) is 23.4 Å². The number of nitriles is 1. The van der Waals surface area contributed by atoms with E-state index in [9.17, 15) is 4.79 Å². The zero-order chi connectivity index (χ0) is 19.5. The van der Waals surface area contributed by atoms with Crippen molar-refractivity contribution >= 4 is 17.3 Å². The lowest BCUT2D eigenvalue weighted by atomic mass is 10.1. The molecule has 2 aromatic rings. The van der Waals surface area contributed by atoms with Crippen LogP contribution in [0.3, 0.4) is 0 Å². The molecule has 0 saturated carbocycles. The van der Waals surface area contributed by atoms with Crippen LogP contribution in [0.25, 0.3) is 0 Å². The van der Waals surface area contributed by atoms with E-state index in [-0.39, 0.29) is 6.42 Å². The molecule has 0 heterocycles. The van der Waals surface area contributed by atoms with E-state index < -0.39 is 5.97 Å². The van der Waals surface area contributed by atoms with Crippen LogP contribution in [0.4, 0.5) is 11.4 Å². The van der Waals surface area contributed by atoms with Crippen molar-refractivity contribution in [2.45, 2.75) is 19.3 Å². The molecule has 27 heavy (non-hydrogen) atoms. The Bertz CT molecular complexity index is 782. The summed E-state index contributed by atoms with van der Waals surface area (Å²) in [6, 6.07) is 15.6. The van der Waals surface area contributed by atoms with Gasteiger partial charge in [0.1, 0.15) is 6.07 Å². The molecule has 0 fully saturated rings. The number of carboxylic acids is 1. The Morgan fingerprint density at radius 2 is 1.81 bits per heavy atom. The van der Waals surface area contributed by atoms with Crippen molar-refractivity contribution in [3.8, 4) is 6.07 Å². The topological polar surface area (TPSA) is 97.2 Å². The van der Waals surface area contributed by atoms with Gasteiger partial charge in [-0.3, -0.25) is 4.79 Å². The van der Waals surface area contributed by atoms with Gasteiger partial charge in [0, 0.05) is 13.6 Å². The van der Waals surface area contributed by atoms with Crippen molar-refractivity contribution in [3.63, 3.8) is 0 Å². The summed E-state index contributed by atoms with van der Waals surface area (Å²) in [6.07, 6.45) is 1.95. The number of carbonyl (C=O) groups is 1. The predicted octanol–water partition coefficient (Wildman–Crippen LogP) is 2.86. The molecule has 0 aliphatic carbocycles. The summed E-state index contributed by atoms with van der Waals surface area (Å²) in [5.41, 5.74) is 4.43. The highest BCUT2D eigenvalue weighted by Crippen LogP contribution is 2.24. The van der Waals surface area contributed by atoms with E-state index in [1.165, 1.54) is 5.56 Å². The first-order valence-corrected chi connectivity index (χ1v) is 9.09. The zero-order valence-electron chi connectivity index (χ0n) is 15.6. The van der Waals surface area contributed by atoms with Gasteiger partial charge in [-0.25, -0.2) is 0 Å². The fourth-order valence-electron chi connectivity index (χ4n) is 2.85. The van der Waals surface area contributed by atoms with E-state index >= 15 is 0 Å². The quantitative estimate of drug-likeness (QED) is 0.457. The second kappa shape index (κ2) is 10.8. The standard InChI is InChI=1S/C21H26N4O2/c1-23-21-18(15-22)4-2-5-19(21)25-12-3-11-24-13-10-16-6-8-17(9-7-16)14-20(26)27/h2,4-9,23-25H,3,10-14H2,1H3,(H,26,27). The summed E-state index contributed by atoms with van der Waals surface area (Å²) in [5, 5.41) is 27.8. The average Bonchev–Trinajstić information content (AvgIpc) is 2.67. The van der Waals surface area contributed by atoms with Crippen molar-refractivity contribution in [3.05, 3.63) is 59.2 Å². The molecule has 6 nitrogen and oxygen atoms in total. The van der Waals surface area contributed by atoms with Crippen LogP contribution < -0.4 is 16.0 Å². The lowest BCUT2D eigenvalue weighted by molar-refractivity contribution is -0.136. The Labute approximate surface area is 160 Å². The van der Waals surface area contributed by atoms with Crippen LogP contribution in [0.2, 0.25) is 0 Å². The van der Waals surface area contributed by atoms with Crippen molar-refractivity contribution < 1.29 is 9.90 Å². The molecule has 0 amide bonds. The molecule has 0 aliphatic heterocycles. The van der Waals surface area contributed by atoms with Crippen molar-refractivity contribution in [2.24, 2.45) is 0 Å². The summed E-state index contributed by atoms with van der Waals surface area (Å²) < 4.78 is 0. The van der Waals surface area contributed by atoms with Crippen LogP contribution in [0.15, 0.2) is 42.5 Å². The second-order valence-corrected chi connectivity index (χ2v) is 6.26. The van der Waals surface area contributed by atoms with Gasteiger partial charge in [0.25, 0.3) is 0 Å². The van der Waals surface area contributed by atoms with E-state index in [1.54, 1.807) is 6.07 Å². The average molecular weight is 366 g/mol. The SMILES string of the molecule is CNc1c(C#N)cccc1NCCCNCCc1ccc(CC(=O)O)cc1. The first kappa shape index (κ1) is 20.3. The molecule has 142 valence electrons. The van der Waals surface area contributed by atoms with Crippen molar-refractivity contribution in [2.75, 3.05) is 37.3 Å². The van der Waals surface area contributed by atoms with Crippen LogP contribution in [0, 0.1) is 11.3 Å². The van der Waals surface area contributed by atoms with Gasteiger partial charge in [-0.2, -0.15) is 5.26 Å². The van der Waals surface area contributed by atoms with E-state index in [0.717, 1.165) is 49.4 Å². The minimum absolute atomic E-state index is 0.0675. The Morgan fingerprint density at radius 1 is 1.07 bits per heavy atom. The summed E-state index contributed by atoms with van der Waals surface area (Å²) in [4.78, 5) is 10.7. The first-order chi connectivity index (χ1) is 13.1. The van der Waals surface area contributed by atoms with Crippen LogP contribution >= 0.6 is 0 Å². The van der Waals surface area contributed by atoms with Gasteiger partial charge in [0.2, 0.25) is 0 Å². The molecule has 2 rings (SSSR count). The molecular weight excluding hydrogens is 340 g/mol. The number of hydrogen-bond donors (Lipinski definition) is 4. The van der Waals surface area contributed by atoms with Crippen LogP contribution in [0.1, 0.15) is 23.1 Å². The molecule has 0 bridgehead atoms. The molecule has 0 aliphatic rings. The number of hydrogen-bond acceptors (Lipinski definition) is 5. The number of carboxylic acid groups (broad SMARTS) is 1. The molecule has 0 radical (unpaired) electrons. The van der Waals surface area contributed by atoms with Gasteiger partial charge < -0.3 is 21.1 Å². The molecule has 0 atom stereocenters. The molecule has 2 aromatic carbocycles. The van der Waals surface area contributed by atoms with E-state index in [0.29, 0.717) is 5.56 Å². The minimum atomic E-state index is -0.806. The second-order valence-electron chi connectivity index (χ2n) is 6.26. The third kappa shape index (κ3) is 6.65. The van der Waals surface area contributed by atoms with Crippen molar-refractivity contribution in [1.29, 1.82) is 5.26 Å². The van der Waals surface area contributed by atoms with Crippen LogP contribution in [-0.4, -0.2) is 37.8 Å². The van der Waals surface area contributed by atoms with Gasteiger partial charge in [-0.05, 0) is 49.2 Å². The Hall–Kier alpha value is -3.04. The maximum atomic E-state index is 10.7. The van der Waals surface area contributed by atoms with Crippen LogP contribution in [-0.2, 0) is 17.6 Å². The summed E-state index contributed by atoms with van der Waals surface area (Å²) in [7, 11) is 1.82. The van der Waals surface area contributed by atoms with E-state index in [4.69, 9.17) is 10.4 Å². The number of rotatable bonds is 11. The Kier molecular flexibility index (Phi) is 8.14. The van der Waals surface area contributed by atoms with Crippen molar-refractivity contribution in [1.82, 2.24) is 5.32 Å². The summed E-state index contributed by atoms with van der Waals surface area (Å²) >= 11 is 0. The number of anilines is 2. The monoisotopic (exact) mass is 366 g/mol. The molecular formula is C21H26N4O2. The molecule has 0 spiro atoms. The predicted molar refractivity (Wildman–Crippen MR) is 108 cm³/mol. The minimum Gasteiger partial charge on any atom is -0.481 e. The molecule has 0 saturated heterocycles. The normalized spacial score (nSPS) is 10.2.